The number of aliphatic carboxylic acids is 1. The minimum Gasteiger partial charge on any atom is -0.497 e. The number of carboxylic acids is 1. The molecule has 5 heteroatoms. The van der Waals surface area contributed by atoms with Crippen LogP contribution < -0.4 is 4.74 Å². The summed E-state index contributed by atoms with van der Waals surface area (Å²) in [4.78, 5) is 24.3. The second kappa shape index (κ2) is 7.83. The summed E-state index contributed by atoms with van der Waals surface area (Å²) >= 11 is 0. The molecule has 0 aliphatic heterocycles. The van der Waals surface area contributed by atoms with Gasteiger partial charge >= 0.3 is 5.97 Å². The van der Waals surface area contributed by atoms with Crippen LogP contribution in [0.5, 0.6) is 5.75 Å². The Morgan fingerprint density at radius 2 is 1.26 bits per heavy atom. The van der Waals surface area contributed by atoms with E-state index in [4.69, 9.17) is 4.74 Å². The standard InChI is InChI=1S/C22H17FO4/c1-27-19-12-8-15(9-13-19)20(22(25)26)14-2-4-16(5-3-14)21(24)17-6-10-18(23)11-7-17/h2-13,20H,1H3,(H,25,26). The Morgan fingerprint density at radius 1 is 0.815 bits per heavy atom. The fourth-order valence-corrected chi connectivity index (χ4v) is 2.87. The third-order valence-electron chi connectivity index (χ3n) is 4.31. The first-order chi connectivity index (χ1) is 13.0. The van der Waals surface area contributed by atoms with Crippen molar-refractivity contribution in [2.75, 3.05) is 7.11 Å². The van der Waals surface area contributed by atoms with Crippen LogP contribution in [0.3, 0.4) is 0 Å². The fraction of sp³-hybridized carbons (Fsp3) is 0.0909. The second-order valence-electron chi connectivity index (χ2n) is 6.00. The third kappa shape index (κ3) is 4.03. The highest BCUT2D eigenvalue weighted by atomic mass is 19.1. The molecule has 0 saturated heterocycles. The number of carbonyl (C=O) groups excluding carboxylic acids is 1. The summed E-state index contributed by atoms with van der Waals surface area (Å²) < 4.78 is 18.1. The van der Waals surface area contributed by atoms with Gasteiger partial charge in [-0.1, -0.05) is 36.4 Å². The van der Waals surface area contributed by atoms with Gasteiger partial charge < -0.3 is 9.84 Å². The molecule has 4 nitrogen and oxygen atoms in total. The van der Waals surface area contributed by atoms with Gasteiger partial charge in [-0.25, -0.2) is 4.39 Å². The molecule has 0 saturated carbocycles. The lowest BCUT2D eigenvalue weighted by molar-refractivity contribution is -0.137. The highest BCUT2D eigenvalue weighted by Crippen LogP contribution is 2.27. The predicted octanol–water partition coefficient (Wildman–Crippen LogP) is 4.28. The molecule has 0 spiro atoms. The van der Waals surface area contributed by atoms with Crippen molar-refractivity contribution in [2.45, 2.75) is 5.92 Å². The van der Waals surface area contributed by atoms with E-state index < -0.39 is 17.7 Å². The first-order valence-corrected chi connectivity index (χ1v) is 8.26. The van der Waals surface area contributed by atoms with Gasteiger partial charge in [0.05, 0.1) is 7.11 Å². The van der Waals surface area contributed by atoms with Crippen LogP contribution in [0.2, 0.25) is 0 Å². The Bertz CT molecular complexity index is 945. The number of ether oxygens (including phenoxy) is 1. The van der Waals surface area contributed by atoms with Gasteiger partial charge in [-0.15, -0.1) is 0 Å². The Kier molecular flexibility index (Phi) is 5.31. The number of halogens is 1. The van der Waals surface area contributed by atoms with Crippen LogP contribution in [-0.2, 0) is 4.79 Å². The van der Waals surface area contributed by atoms with Crippen molar-refractivity contribution in [1.29, 1.82) is 0 Å². The van der Waals surface area contributed by atoms with Crippen LogP contribution >= 0.6 is 0 Å². The summed E-state index contributed by atoms with van der Waals surface area (Å²) in [6.07, 6.45) is 0. The van der Waals surface area contributed by atoms with Crippen LogP contribution in [0.15, 0.2) is 72.8 Å². The van der Waals surface area contributed by atoms with Gasteiger partial charge in [0.2, 0.25) is 0 Å². The lowest BCUT2D eigenvalue weighted by Gasteiger charge is -2.14. The van der Waals surface area contributed by atoms with E-state index in [0.29, 0.717) is 28.0 Å². The third-order valence-corrected chi connectivity index (χ3v) is 4.31. The van der Waals surface area contributed by atoms with Gasteiger partial charge in [-0.3, -0.25) is 9.59 Å². The molecule has 136 valence electrons. The quantitative estimate of drug-likeness (QED) is 0.663. The highest BCUT2D eigenvalue weighted by molar-refractivity contribution is 6.09. The molecule has 0 aliphatic rings. The number of rotatable bonds is 6. The first kappa shape index (κ1) is 18.3. The van der Waals surface area contributed by atoms with Gasteiger partial charge in [0.15, 0.2) is 5.78 Å². The van der Waals surface area contributed by atoms with E-state index in [1.165, 1.54) is 24.3 Å². The summed E-state index contributed by atoms with van der Waals surface area (Å²) in [5, 5.41) is 9.66. The molecule has 0 aromatic heterocycles. The van der Waals surface area contributed by atoms with Gasteiger partial charge in [-0.05, 0) is 47.5 Å². The Balaban J connectivity index is 1.88. The van der Waals surface area contributed by atoms with Gasteiger partial charge in [0.1, 0.15) is 17.5 Å². The summed E-state index contributed by atoms with van der Waals surface area (Å²) in [5.74, 6) is -1.87. The summed E-state index contributed by atoms with van der Waals surface area (Å²) in [5.41, 5.74) is 1.95. The largest absolute Gasteiger partial charge is 0.497 e. The van der Waals surface area contributed by atoms with E-state index in [0.717, 1.165) is 0 Å². The van der Waals surface area contributed by atoms with Crippen LogP contribution in [0.1, 0.15) is 33.0 Å². The average Bonchev–Trinajstić information content (AvgIpc) is 2.69. The van der Waals surface area contributed by atoms with E-state index >= 15 is 0 Å². The van der Waals surface area contributed by atoms with Gasteiger partial charge in [-0.2, -0.15) is 0 Å². The van der Waals surface area contributed by atoms with Crippen LogP contribution in [0.25, 0.3) is 0 Å². The van der Waals surface area contributed by atoms with Gasteiger partial charge in [0, 0.05) is 11.1 Å². The summed E-state index contributed by atoms with van der Waals surface area (Å²) in [6, 6.07) is 18.5. The zero-order valence-electron chi connectivity index (χ0n) is 14.6. The normalized spacial score (nSPS) is 11.6. The molecule has 0 fully saturated rings. The molecule has 1 N–H and O–H groups in total. The van der Waals surface area contributed by atoms with Crippen LogP contribution in [-0.4, -0.2) is 24.0 Å². The summed E-state index contributed by atoms with van der Waals surface area (Å²) in [6.45, 7) is 0. The predicted molar refractivity (Wildman–Crippen MR) is 98.7 cm³/mol. The lowest BCUT2D eigenvalue weighted by Crippen LogP contribution is -2.13. The number of hydrogen-bond acceptors (Lipinski definition) is 3. The molecule has 1 unspecified atom stereocenters. The van der Waals surface area contributed by atoms with Crippen molar-refractivity contribution in [3.63, 3.8) is 0 Å². The minimum absolute atomic E-state index is 0.252. The Labute approximate surface area is 155 Å². The average molecular weight is 364 g/mol. The van der Waals surface area contributed by atoms with E-state index in [-0.39, 0.29) is 5.78 Å². The van der Waals surface area contributed by atoms with Crippen LogP contribution in [0, 0.1) is 5.82 Å². The molecule has 0 amide bonds. The molecule has 3 aromatic carbocycles. The molecule has 1 atom stereocenters. The monoisotopic (exact) mass is 364 g/mol. The second-order valence-corrected chi connectivity index (χ2v) is 6.00. The van der Waals surface area contributed by atoms with Crippen molar-refractivity contribution in [2.24, 2.45) is 0 Å². The number of benzene rings is 3. The fourth-order valence-electron chi connectivity index (χ4n) is 2.87. The smallest absolute Gasteiger partial charge is 0.315 e. The number of ketones is 1. The number of carbonyl (C=O) groups is 2. The zero-order valence-corrected chi connectivity index (χ0v) is 14.6. The molecule has 0 bridgehead atoms. The SMILES string of the molecule is COc1ccc(C(C(=O)O)c2ccc(C(=O)c3ccc(F)cc3)cc2)cc1. The van der Waals surface area contributed by atoms with E-state index in [2.05, 4.69) is 0 Å². The zero-order chi connectivity index (χ0) is 19.4. The van der Waals surface area contributed by atoms with Crippen molar-refractivity contribution in [3.8, 4) is 5.75 Å². The molecular formula is C22H17FO4. The highest BCUT2D eigenvalue weighted by Gasteiger charge is 2.22. The number of methoxy groups -OCH3 is 1. The van der Waals surface area contributed by atoms with Crippen molar-refractivity contribution in [1.82, 2.24) is 0 Å². The van der Waals surface area contributed by atoms with Crippen molar-refractivity contribution in [3.05, 3.63) is 101 Å². The topological polar surface area (TPSA) is 63.6 Å². The van der Waals surface area contributed by atoms with E-state index in [1.54, 1.807) is 55.6 Å². The van der Waals surface area contributed by atoms with Gasteiger partial charge in [0.25, 0.3) is 0 Å². The maximum Gasteiger partial charge on any atom is 0.315 e. The molecular weight excluding hydrogens is 347 g/mol. The molecule has 0 radical (unpaired) electrons. The molecule has 0 heterocycles. The Hall–Kier alpha value is -3.47. The molecule has 0 aliphatic carbocycles. The van der Waals surface area contributed by atoms with E-state index in [9.17, 15) is 19.1 Å². The maximum absolute atomic E-state index is 13.0. The van der Waals surface area contributed by atoms with Crippen molar-refractivity contribution >= 4 is 11.8 Å². The van der Waals surface area contributed by atoms with Crippen LogP contribution in [0.4, 0.5) is 4.39 Å². The first-order valence-electron chi connectivity index (χ1n) is 8.26. The molecule has 3 aromatic rings. The summed E-state index contributed by atoms with van der Waals surface area (Å²) in [7, 11) is 1.54. The minimum atomic E-state index is -0.988. The number of carboxylic acid groups (broad SMARTS) is 1. The Morgan fingerprint density at radius 3 is 1.70 bits per heavy atom. The maximum atomic E-state index is 13.0. The van der Waals surface area contributed by atoms with E-state index in [1.807, 2.05) is 0 Å². The van der Waals surface area contributed by atoms with Crippen molar-refractivity contribution < 1.29 is 23.8 Å². The lowest BCUT2D eigenvalue weighted by atomic mass is 9.90. The molecule has 3 rings (SSSR count). The number of hydrogen-bond donors (Lipinski definition) is 1. The molecule has 27 heavy (non-hydrogen) atoms.